The van der Waals surface area contributed by atoms with Crippen LogP contribution >= 0.6 is 0 Å². The van der Waals surface area contributed by atoms with Crippen molar-refractivity contribution in [1.29, 1.82) is 0 Å². The average Bonchev–Trinajstić information content (AvgIpc) is 2.51. The first-order valence-electron chi connectivity index (χ1n) is 10.3. The average molecular weight is 297 g/mol. The molecule has 1 atom stereocenters. The zero-order chi connectivity index (χ0) is 15.8. The molecule has 0 saturated heterocycles. The van der Waals surface area contributed by atoms with Crippen LogP contribution in [-0.4, -0.2) is 0 Å². The van der Waals surface area contributed by atoms with Crippen LogP contribution in [0.1, 0.15) is 124 Å². The van der Waals surface area contributed by atoms with Gasteiger partial charge in [0.25, 0.3) is 0 Å². The van der Waals surface area contributed by atoms with Crippen molar-refractivity contribution in [2.45, 2.75) is 124 Å². The van der Waals surface area contributed by atoms with Crippen molar-refractivity contribution in [2.75, 3.05) is 0 Å². The zero-order valence-electron chi connectivity index (χ0n) is 15.8. The van der Waals surface area contributed by atoms with Crippen molar-refractivity contribution in [2.24, 2.45) is 11.8 Å². The fourth-order valence-electron chi connectivity index (χ4n) is 3.64. The molecule has 0 heteroatoms. The number of hydrogen-bond acceptors (Lipinski definition) is 0. The number of unbranched alkanes of at least 4 members (excludes halogenated alkanes) is 7. The summed E-state index contributed by atoms with van der Waals surface area (Å²) in [7, 11) is 0. The number of hydrogen-bond donors (Lipinski definition) is 0. The third-order valence-electron chi connectivity index (χ3n) is 5.13. The van der Waals surface area contributed by atoms with Crippen LogP contribution in [0.15, 0.2) is 0 Å². The Morgan fingerprint density at radius 3 is 1.10 bits per heavy atom. The van der Waals surface area contributed by atoms with E-state index in [-0.39, 0.29) is 0 Å². The maximum atomic E-state index is 2.35. The molecule has 1 unspecified atom stereocenters. The van der Waals surface area contributed by atoms with Gasteiger partial charge < -0.3 is 0 Å². The third-order valence-corrected chi connectivity index (χ3v) is 5.13. The van der Waals surface area contributed by atoms with Gasteiger partial charge in [0.1, 0.15) is 0 Å². The normalized spacial score (nSPS) is 13.0. The SMILES string of the molecule is CCCCCCCC(CCCC)C(CCCC)CCCC. The summed E-state index contributed by atoms with van der Waals surface area (Å²) in [5, 5.41) is 0. The fraction of sp³-hybridized carbons (Fsp3) is 1.00. The van der Waals surface area contributed by atoms with E-state index in [2.05, 4.69) is 27.7 Å². The standard InChI is InChI=1S/C21H44/c1-5-9-13-14-15-19-21(18-12-8-4)20(16-10-6-2)17-11-7-3/h20-21H,5-19H2,1-4H3. The van der Waals surface area contributed by atoms with E-state index in [9.17, 15) is 0 Å². The molecule has 0 aliphatic rings. The van der Waals surface area contributed by atoms with Gasteiger partial charge >= 0.3 is 0 Å². The summed E-state index contributed by atoms with van der Waals surface area (Å²) in [4.78, 5) is 0. The highest BCUT2D eigenvalue weighted by Gasteiger charge is 2.19. The lowest BCUT2D eigenvalue weighted by atomic mass is 9.78. The molecule has 0 fully saturated rings. The molecule has 0 N–H and O–H groups in total. The largest absolute Gasteiger partial charge is 0.0654 e. The molecule has 0 aliphatic heterocycles. The van der Waals surface area contributed by atoms with Gasteiger partial charge in [-0.25, -0.2) is 0 Å². The Bertz CT molecular complexity index is 176. The molecule has 0 nitrogen and oxygen atoms in total. The summed E-state index contributed by atoms with van der Waals surface area (Å²) in [5.41, 5.74) is 0. The summed E-state index contributed by atoms with van der Waals surface area (Å²) < 4.78 is 0. The van der Waals surface area contributed by atoms with Crippen molar-refractivity contribution in [1.82, 2.24) is 0 Å². The minimum Gasteiger partial charge on any atom is -0.0654 e. The molecule has 0 aliphatic carbocycles. The first-order valence-corrected chi connectivity index (χ1v) is 10.3. The third kappa shape index (κ3) is 12.2. The second kappa shape index (κ2) is 16.4. The molecular weight excluding hydrogens is 252 g/mol. The summed E-state index contributed by atoms with van der Waals surface area (Å²) in [5.74, 6) is 2.06. The van der Waals surface area contributed by atoms with Gasteiger partial charge in [-0.3, -0.25) is 0 Å². The van der Waals surface area contributed by atoms with Gasteiger partial charge in [-0.2, -0.15) is 0 Å². The monoisotopic (exact) mass is 296 g/mol. The highest BCUT2D eigenvalue weighted by Crippen LogP contribution is 2.32. The van der Waals surface area contributed by atoms with Crippen molar-refractivity contribution in [3.8, 4) is 0 Å². The lowest BCUT2D eigenvalue weighted by Crippen LogP contribution is -2.15. The molecule has 0 heterocycles. The first kappa shape index (κ1) is 21.0. The van der Waals surface area contributed by atoms with Crippen molar-refractivity contribution in [3.05, 3.63) is 0 Å². The zero-order valence-corrected chi connectivity index (χ0v) is 15.8. The van der Waals surface area contributed by atoms with Crippen LogP contribution in [0.4, 0.5) is 0 Å². The topological polar surface area (TPSA) is 0 Å². The predicted octanol–water partition coefficient (Wildman–Crippen LogP) is 8.15. The van der Waals surface area contributed by atoms with E-state index in [1.54, 1.807) is 0 Å². The molecular formula is C21H44. The molecule has 0 spiro atoms. The Hall–Kier alpha value is 0. The van der Waals surface area contributed by atoms with Crippen LogP contribution in [0, 0.1) is 11.8 Å². The highest BCUT2D eigenvalue weighted by atomic mass is 14.3. The lowest BCUT2D eigenvalue weighted by Gasteiger charge is -2.27. The van der Waals surface area contributed by atoms with Crippen LogP contribution in [0.25, 0.3) is 0 Å². The van der Waals surface area contributed by atoms with Crippen molar-refractivity contribution in [3.63, 3.8) is 0 Å². The van der Waals surface area contributed by atoms with Gasteiger partial charge in [-0.1, -0.05) is 124 Å². The highest BCUT2D eigenvalue weighted by molar-refractivity contribution is 4.71. The van der Waals surface area contributed by atoms with E-state index in [0.29, 0.717) is 0 Å². The Morgan fingerprint density at radius 2 is 0.714 bits per heavy atom. The summed E-state index contributed by atoms with van der Waals surface area (Å²) in [6.07, 6.45) is 21.7. The second-order valence-corrected chi connectivity index (χ2v) is 7.15. The lowest BCUT2D eigenvalue weighted by molar-refractivity contribution is 0.241. The van der Waals surface area contributed by atoms with E-state index in [4.69, 9.17) is 0 Å². The molecule has 21 heavy (non-hydrogen) atoms. The molecule has 0 saturated carbocycles. The molecule has 0 amide bonds. The second-order valence-electron chi connectivity index (χ2n) is 7.15. The van der Waals surface area contributed by atoms with E-state index in [1.807, 2.05) is 0 Å². The van der Waals surface area contributed by atoms with Crippen LogP contribution in [0.5, 0.6) is 0 Å². The summed E-state index contributed by atoms with van der Waals surface area (Å²) >= 11 is 0. The summed E-state index contributed by atoms with van der Waals surface area (Å²) in [6, 6.07) is 0. The first-order chi connectivity index (χ1) is 10.3. The molecule has 0 rings (SSSR count). The predicted molar refractivity (Wildman–Crippen MR) is 98.9 cm³/mol. The van der Waals surface area contributed by atoms with Gasteiger partial charge in [0.15, 0.2) is 0 Å². The quantitative estimate of drug-likeness (QED) is 0.252. The van der Waals surface area contributed by atoms with E-state index < -0.39 is 0 Å². The van der Waals surface area contributed by atoms with Gasteiger partial charge in [-0.05, 0) is 11.8 Å². The van der Waals surface area contributed by atoms with Crippen molar-refractivity contribution >= 4 is 0 Å². The smallest absolute Gasteiger partial charge is 0.0386 e. The van der Waals surface area contributed by atoms with E-state index >= 15 is 0 Å². The molecule has 0 aromatic heterocycles. The maximum absolute atomic E-state index is 2.35. The Labute approximate surface area is 136 Å². The molecule has 0 aromatic carbocycles. The van der Waals surface area contributed by atoms with Crippen molar-refractivity contribution < 1.29 is 0 Å². The maximum Gasteiger partial charge on any atom is -0.0386 e. The number of rotatable bonds is 16. The van der Waals surface area contributed by atoms with Gasteiger partial charge in [0.05, 0.1) is 0 Å². The molecule has 128 valence electrons. The van der Waals surface area contributed by atoms with Gasteiger partial charge in [0, 0.05) is 0 Å². The van der Waals surface area contributed by atoms with Crippen LogP contribution in [0.2, 0.25) is 0 Å². The molecule has 0 bridgehead atoms. The van der Waals surface area contributed by atoms with Crippen LogP contribution in [-0.2, 0) is 0 Å². The molecule has 0 radical (unpaired) electrons. The molecule has 0 aromatic rings. The minimum atomic E-state index is 1.03. The summed E-state index contributed by atoms with van der Waals surface area (Å²) in [6.45, 7) is 9.37. The van der Waals surface area contributed by atoms with Gasteiger partial charge in [-0.15, -0.1) is 0 Å². The van der Waals surface area contributed by atoms with E-state index in [0.717, 1.165) is 11.8 Å². The Morgan fingerprint density at radius 1 is 0.381 bits per heavy atom. The minimum absolute atomic E-state index is 1.03. The Kier molecular flexibility index (Phi) is 16.4. The van der Waals surface area contributed by atoms with E-state index in [1.165, 1.54) is 96.3 Å². The van der Waals surface area contributed by atoms with Gasteiger partial charge in [0.2, 0.25) is 0 Å². The van der Waals surface area contributed by atoms with Crippen LogP contribution in [0.3, 0.4) is 0 Å². The van der Waals surface area contributed by atoms with Crippen LogP contribution < -0.4 is 0 Å². The fourth-order valence-corrected chi connectivity index (χ4v) is 3.64. The Balaban J connectivity index is 4.25.